The molecule has 0 amide bonds. The maximum Gasteiger partial charge on any atom is 0.119 e. The Morgan fingerprint density at radius 2 is 1.59 bits per heavy atom. The largest absolute Gasteiger partial charge is 0.497 e. The lowest BCUT2D eigenvalue weighted by Gasteiger charge is -2.26. The standard InChI is InChI=1S/C31H31NO2/c1-33-25-14-16-26-23(21-25)11-15-29-27-7-3-4-8-28(27)30(31(26)29)22-9-12-24(13-10-22)34-20-19-32-17-5-2-6-18-32/h3-4,7-16,21,30H,2,5-6,17-20H2,1H3. The molecule has 2 aliphatic rings. The number of fused-ring (bicyclic) bond motifs is 5. The molecule has 1 aliphatic heterocycles. The molecular weight excluding hydrogens is 418 g/mol. The van der Waals surface area contributed by atoms with Crippen LogP contribution in [0.3, 0.4) is 0 Å². The topological polar surface area (TPSA) is 21.7 Å². The van der Waals surface area contributed by atoms with Gasteiger partial charge in [0, 0.05) is 12.5 Å². The van der Waals surface area contributed by atoms with Gasteiger partial charge in [-0.05, 0) is 88.8 Å². The Bertz CT molecular complexity index is 1310. The van der Waals surface area contributed by atoms with Gasteiger partial charge in [0.1, 0.15) is 18.1 Å². The highest BCUT2D eigenvalue weighted by molar-refractivity contribution is 5.97. The van der Waals surface area contributed by atoms with E-state index in [1.54, 1.807) is 7.11 Å². The van der Waals surface area contributed by atoms with Gasteiger partial charge < -0.3 is 9.47 Å². The fraction of sp³-hybridized carbons (Fsp3) is 0.290. The van der Waals surface area contributed by atoms with Gasteiger partial charge in [0.2, 0.25) is 0 Å². The number of hydrogen-bond donors (Lipinski definition) is 0. The Hall–Kier alpha value is -3.30. The molecule has 34 heavy (non-hydrogen) atoms. The van der Waals surface area contributed by atoms with E-state index in [-0.39, 0.29) is 5.92 Å². The maximum absolute atomic E-state index is 6.11. The van der Waals surface area contributed by atoms with Crippen molar-refractivity contribution >= 4 is 10.8 Å². The number of ether oxygens (including phenoxy) is 2. The summed E-state index contributed by atoms with van der Waals surface area (Å²) in [5.74, 6) is 2.06. The zero-order chi connectivity index (χ0) is 22.9. The molecule has 0 radical (unpaired) electrons. The molecule has 1 fully saturated rings. The van der Waals surface area contributed by atoms with E-state index in [2.05, 4.69) is 83.8 Å². The Morgan fingerprint density at radius 3 is 2.41 bits per heavy atom. The van der Waals surface area contributed by atoms with Gasteiger partial charge in [0.15, 0.2) is 0 Å². The highest BCUT2D eigenvalue weighted by Crippen LogP contribution is 2.50. The average Bonchev–Trinajstić information content (AvgIpc) is 3.24. The highest BCUT2D eigenvalue weighted by Gasteiger charge is 2.31. The molecule has 172 valence electrons. The molecule has 3 nitrogen and oxygen atoms in total. The minimum absolute atomic E-state index is 0.214. The summed E-state index contributed by atoms with van der Waals surface area (Å²) in [4.78, 5) is 2.52. The smallest absolute Gasteiger partial charge is 0.119 e. The van der Waals surface area contributed by atoms with Crippen molar-refractivity contribution in [1.29, 1.82) is 0 Å². The summed E-state index contributed by atoms with van der Waals surface area (Å²) in [6.45, 7) is 4.19. The second kappa shape index (κ2) is 9.15. The van der Waals surface area contributed by atoms with Crippen LogP contribution in [0.5, 0.6) is 11.5 Å². The van der Waals surface area contributed by atoms with Crippen LogP contribution in [0.4, 0.5) is 0 Å². The van der Waals surface area contributed by atoms with Crippen LogP contribution in [-0.2, 0) is 0 Å². The lowest BCUT2D eigenvalue weighted by Crippen LogP contribution is -2.33. The molecule has 1 atom stereocenters. The van der Waals surface area contributed by atoms with Gasteiger partial charge in [-0.15, -0.1) is 0 Å². The molecule has 0 spiro atoms. The van der Waals surface area contributed by atoms with Crippen molar-refractivity contribution in [2.75, 3.05) is 33.4 Å². The first-order chi connectivity index (χ1) is 16.8. The van der Waals surface area contributed by atoms with E-state index in [1.807, 2.05) is 0 Å². The zero-order valence-corrected chi connectivity index (χ0v) is 19.8. The number of rotatable bonds is 6. The van der Waals surface area contributed by atoms with Crippen molar-refractivity contribution in [2.45, 2.75) is 25.2 Å². The quantitative estimate of drug-likeness (QED) is 0.282. The fourth-order valence-corrected chi connectivity index (χ4v) is 5.73. The maximum atomic E-state index is 6.11. The van der Waals surface area contributed by atoms with E-state index < -0.39 is 0 Å². The predicted molar refractivity (Wildman–Crippen MR) is 139 cm³/mol. The minimum atomic E-state index is 0.214. The molecule has 1 unspecified atom stereocenters. The van der Waals surface area contributed by atoms with Crippen molar-refractivity contribution in [2.24, 2.45) is 0 Å². The van der Waals surface area contributed by atoms with Crippen LogP contribution in [0, 0.1) is 0 Å². The van der Waals surface area contributed by atoms with Crippen LogP contribution in [0.2, 0.25) is 0 Å². The molecule has 6 rings (SSSR count). The van der Waals surface area contributed by atoms with Crippen molar-refractivity contribution in [3.8, 4) is 22.6 Å². The lowest BCUT2D eigenvalue weighted by molar-refractivity contribution is 0.183. The molecule has 4 aromatic carbocycles. The summed E-state index contributed by atoms with van der Waals surface area (Å²) in [7, 11) is 1.73. The van der Waals surface area contributed by atoms with Gasteiger partial charge >= 0.3 is 0 Å². The summed E-state index contributed by atoms with van der Waals surface area (Å²) in [6, 6.07) is 28.5. The van der Waals surface area contributed by atoms with Gasteiger partial charge in [-0.1, -0.05) is 61.0 Å². The molecule has 1 aliphatic carbocycles. The van der Waals surface area contributed by atoms with Crippen molar-refractivity contribution in [3.05, 3.63) is 95.6 Å². The molecule has 0 aromatic heterocycles. The molecule has 1 heterocycles. The van der Waals surface area contributed by atoms with E-state index >= 15 is 0 Å². The first-order valence-corrected chi connectivity index (χ1v) is 12.5. The Morgan fingerprint density at radius 1 is 0.794 bits per heavy atom. The van der Waals surface area contributed by atoms with E-state index in [1.165, 1.54) is 70.9 Å². The average molecular weight is 450 g/mol. The van der Waals surface area contributed by atoms with Gasteiger partial charge in [0.25, 0.3) is 0 Å². The second-order valence-corrected chi connectivity index (χ2v) is 9.45. The Kier molecular flexibility index (Phi) is 5.72. The summed E-state index contributed by atoms with van der Waals surface area (Å²) < 4.78 is 11.6. The molecule has 0 bridgehead atoms. The van der Waals surface area contributed by atoms with Crippen LogP contribution in [0.15, 0.2) is 78.9 Å². The third-order valence-corrected chi connectivity index (χ3v) is 7.46. The summed E-state index contributed by atoms with van der Waals surface area (Å²) in [5.41, 5.74) is 6.74. The van der Waals surface area contributed by atoms with E-state index in [4.69, 9.17) is 9.47 Å². The second-order valence-electron chi connectivity index (χ2n) is 9.45. The van der Waals surface area contributed by atoms with E-state index in [9.17, 15) is 0 Å². The first kappa shape index (κ1) is 21.2. The summed E-state index contributed by atoms with van der Waals surface area (Å²) in [5, 5.41) is 2.51. The van der Waals surface area contributed by atoms with Crippen LogP contribution in [0.1, 0.15) is 41.9 Å². The van der Waals surface area contributed by atoms with E-state index in [0.717, 1.165) is 24.7 Å². The number of piperidine rings is 1. The lowest BCUT2D eigenvalue weighted by atomic mass is 9.86. The Balaban J connectivity index is 1.31. The predicted octanol–water partition coefficient (Wildman–Crippen LogP) is 6.87. The Labute approximate surface area is 201 Å². The van der Waals surface area contributed by atoms with Crippen molar-refractivity contribution in [1.82, 2.24) is 4.90 Å². The van der Waals surface area contributed by atoms with Crippen molar-refractivity contribution < 1.29 is 9.47 Å². The summed E-state index contributed by atoms with van der Waals surface area (Å²) >= 11 is 0. The van der Waals surface area contributed by atoms with Crippen LogP contribution in [-0.4, -0.2) is 38.3 Å². The molecular formula is C31H31NO2. The van der Waals surface area contributed by atoms with Crippen molar-refractivity contribution in [3.63, 3.8) is 0 Å². The molecule has 3 heteroatoms. The van der Waals surface area contributed by atoms with Gasteiger partial charge in [0.05, 0.1) is 7.11 Å². The third kappa shape index (κ3) is 3.84. The number of methoxy groups -OCH3 is 1. The monoisotopic (exact) mass is 449 g/mol. The molecule has 1 saturated heterocycles. The summed E-state index contributed by atoms with van der Waals surface area (Å²) in [6.07, 6.45) is 4.01. The van der Waals surface area contributed by atoms with E-state index in [0.29, 0.717) is 0 Å². The van der Waals surface area contributed by atoms with Gasteiger partial charge in [-0.25, -0.2) is 0 Å². The number of nitrogens with zero attached hydrogens (tertiary/aromatic N) is 1. The minimum Gasteiger partial charge on any atom is -0.497 e. The number of likely N-dealkylation sites (tertiary alicyclic amines) is 1. The first-order valence-electron chi connectivity index (χ1n) is 12.5. The van der Waals surface area contributed by atoms with Crippen LogP contribution >= 0.6 is 0 Å². The molecule has 0 saturated carbocycles. The molecule has 0 N–H and O–H groups in total. The van der Waals surface area contributed by atoms with Crippen LogP contribution in [0.25, 0.3) is 21.9 Å². The number of benzene rings is 4. The normalized spacial score (nSPS) is 17.4. The van der Waals surface area contributed by atoms with Gasteiger partial charge in [-0.3, -0.25) is 4.90 Å². The zero-order valence-electron chi connectivity index (χ0n) is 19.8. The highest BCUT2D eigenvalue weighted by atomic mass is 16.5. The number of hydrogen-bond acceptors (Lipinski definition) is 3. The van der Waals surface area contributed by atoms with Gasteiger partial charge in [-0.2, -0.15) is 0 Å². The third-order valence-electron chi connectivity index (χ3n) is 7.46. The SMILES string of the molecule is COc1ccc2c3c(ccc2c1)-c1ccccc1C3c1ccc(OCCN2CCCCC2)cc1. The van der Waals surface area contributed by atoms with Crippen LogP contribution < -0.4 is 9.47 Å². The fourth-order valence-electron chi connectivity index (χ4n) is 5.73. The molecule has 4 aromatic rings.